The number of nitrogens with zero attached hydrogens (tertiary/aromatic N) is 2. The predicted molar refractivity (Wildman–Crippen MR) is 64.3 cm³/mol. The summed E-state index contributed by atoms with van der Waals surface area (Å²) in [6.07, 6.45) is 0. The normalized spacial score (nSPS) is 9.60. The summed E-state index contributed by atoms with van der Waals surface area (Å²) >= 11 is 4.80. The summed E-state index contributed by atoms with van der Waals surface area (Å²) in [5, 5.41) is 14.5. The Morgan fingerprint density at radius 1 is 1.33 bits per heavy atom. The molecule has 74 valence electrons. The summed E-state index contributed by atoms with van der Waals surface area (Å²) in [7, 11) is 0. The Balaban J connectivity index is 2.15. The summed E-state index contributed by atoms with van der Waals surface area (Å²) in [6, 6.07) is 9.32. The minimum Gasteiger partial charge on any atom is -0.332 e. The summed E-state index contributed by atoms with van der Waals surface area (Å²) in [5.74, 6) is 0. The van der Waals surface area contributed by atoms with Gasteiger partial charge in [-0.1, -0.05) is 0 Å². The van der Waals surface area contributed by atoms with Gasteiger partial charge in [0.15, 0.2) is 5.13 Å². The van der Waals surface area contributed by atoms with Crippen molar-refractivity contribution in [1.82, 2.24) is 4.98 Å². The highest BCUT2D eigenvalue weighted by Crippen LogP contribution is 2.23. The maximum atomic E-state index is 8.63. The van der Waals surface area contributed by atoms with Gasteiger partial charge in [-0.15, -0.1) is 11.3 Å². The maximum absolute atomic E-state index is 8.63. The van der Waals surface area contributed by atoms with E-state index in [1.54, 1.807) is 12.1 Å². The van der Waals surface area contributed by atoms with Gasteiger partial charge in [0.1, 0.15) is 4.60 Å². The Bertz CT molecular complexity index is 498. The van der Waals surface area contributed by atoms with Crippen LogP contribution in [-0.2, 0) is 0 Å². The van der Waals surface area contributed by atoms with Crippen LogP contribution in [-0.4, -0.2) is 4.98 Å². The van der Waals surface area contributed by atoms with Crippen LogP contribution in [0.25, 0.3) is 0 Å². The lowest BCUT2D eigenvalue weighted by Crippen LogP contribution is -1.88. The lowest BCUT2D eigenvalue weighted by Gasteiger charge is -2.01. The zero-order valence-electron chi connectivity index (χ0n) is 7.57. The highest BCUT2D eigenvalue weighted by atomic mass is 79.9. The van der Waals surface area contributed by atoms with Crippen LogP contribution in [0.15, 0.2) is 34.2 Å². The minimum atomic E-state index is 0.654. The lowest BCUT2D eigenvalue weighted by atomic mass is 10.2. The highest BCUT2D eigenvalue weighted by molar-refractivity contribution is 9.10. The fourth-order valence-electron chi connectivity index (χ4n) is 1.06. The SMILES string of the molecule is N#Cc1ccc(Nc2nc(Br)cs2)cc1. The van der Waals surface area contributed by atoms with Crippen molar-refractivity contribution in [2.24, 2.45) is 0 Å². The topological polar surface area (TPSA) is 48.7 Å². The fraction of sp³-hybridized carbons (Fsp3) is 0. The van der Waals surface area contributed by atoms with Crippen LogP contribution in [0.1, 0.15) is 5.56 Å². The molecule has 0 amide bonds. The van der Waals surface area contributed by atoms with Gasteiger partial charge in [0.05, 0.1) is 11.6 Å². The minimum absolute atomic E-state index is 0.654. The molecule has 0 radical (unpaired) electrons. The van der Waals surface area contributed by atoms with Crippen molar-refractivity contribution in [2.45, 2.75) is 0 Å². The first kappa shape index (κ1) is 10.1. The second kappa shape index (κ2) is 4.43. The van der Waals surface area contributed by atoms with E-state index in [0.717, 1.165) is 15.4 Å². The average molecular weight is 280 g/mol. The first-order valence-corrected chi connectivity index (χ1v) is 5.83. The van der Waals surface area contributed by atoms with Crippen LogP contribution in [0.5, 0.6) is 0 Å². The third kappa shape index (κ3) is 2.55. The molecular formula is C10H6BrN3S. The van der Waals surface area contributed by atoms with Gasteiger partial charge in [0.25, 0.3) is 0 Å². The van der Waals surface area contributed by atoms with Gasteiger partial charge >= 0.3 is 0 Å². The Morgan fingerprint density at radius 3 is 2.60 bits per heavy atom. The van der Waals surface area contributed by atoms with Crippen LogP contribution in [0.4, 0.5) is 10.8 Å². The molecule has 0 aliphatic rings. The number of nitriles is 1. The van der Waals surface area contributed by atoms with Crippen molar-refractivity contribution < 1.29 is 0 Å². The summed E-state index contributed by atoms with van der Waals surface area (Å²) in [4.78, 5) is 4.21. The molecule has 1 N–H and O–H groups in total. The van der Waals surface area contributed by atoms with Gasteiger partial charge < -0.3 is 5.32 Å². The first-order valence-electron chi connectivity index (χ1n) is 4.16. The van der Waals surface area contributed by atoms with E-state index in [-0.39, 0.29) is 0 Å². The standard InChI is InChI=1S/C10H6BrN3S/c11-9-6-15-10(14-9)13-8-3-1-7(5-12)2-4-8/h1-4,6H,(H,13,14). The van der Waals surface area contributed by atoms with Crippen LogP contribution in [0, 0.1) is 11.3 Å². The van der Waals surface area contributed by atoms with E-state index >= 15 is 0 Å². The van der Waals surface area contributed by atoms with Crippen LogP contribution < -0.4 is 5.32 Å². The van der Waals surface area contributed by atoms with E-state index in [0.29, 0.717) is 5.56 Å². The third-order valence-electron chi connectivity index (χ3n) is 1.74. The summed E-state index contributed by atoms with van der Waals surface area (Å²) < 4.78 is 0.823. The number of benzene rings is 1. The number of rotatable bonds is 2. The number of hydrogen-bond acceptors (Lipinski definition) is 4. The van der Waals surface area contributed by atoms with Crippen molar-refractivity contribution in [3.8, 4) is 6.07 Å². The molecule has 1 aromatic heterocycles. The zero-order chi connectivity index (χ0) is 10.7. The molecule has 0 spiro atoms. The Morgan fingerprint density at radius 2 is 2.07 bits per heavy atom. The molecule has 5 heteroatoms. The van der Waals surface area contributed by atoms with Gasteiger partial charge in [-0.3, -0.25) is 0 Å². The van der Waals surface area contributed by atoms with E-state index in [4.69, 9.17) is 5.26 Å². The Labute approximate surface area is 99.5 Å². The molecule has 0 bridgehead atoms. The van der Waals surface area contributed by atoms with Crippen molar-refractivity contribution in [3.05, 3.63) is 39.8 Å². The molecule has 0 saturated carbocycles. The van der Waals surface area contributed by atoms with Crippen LogP contribution >= 0.6 is 27.3 Å². The maximum Gasteiger partial charge on any atom is 0.188 e. The van der Waals surface area contributed by atoms with Crippen molar-refractivity contribution in [1.29, 1.82) is 5.26 Å². The molecule has 0 aliphatic heterocycles. The highest BCUT2D eigenvalue weighted by Gasteiger charge is 1.99. The molecular weight excluding hydrogens is 274 g/mol. The largest absolute Gasteiger partial charge is 0.332 e. The van der Waals surface area contributed by atoms with Crippen molar-refractivity contribution in [2.75, 3.05) is 5.32 Å². The molecule has 15 heavy (non-hydrogen) atoms. The van der Waals surface area contributed by atoms with Crippen molar-refractivity contribution in [3.63, 3.8) is 0 Å². The number of nitrogens with one attached hydrogen (secondary N) is 1. The molecule has 0 unspecified atom stereocenters. The van der Waals surface area contributed by atoms with E-state index < -0.39 is 0 Å². The molecule has 2 aromatic rings. The fourth-order valence-corrected chi connectivity index (χ4v) is 2.23. The van der Waals surface area contributed by atoms with E-state index in [1.165, 1.54) is 11.3 Å². The smallest absolute Gasteiger partial charge is 0.188 e. The average Bonchev–Trinajstić information content (AvgIpc) is 2.65. The molecule has 0 fully saturated rings. The summed E-state index contributed by atoms with van der Waals surface area (Å²) in [5.41, 5.74) is 1.58. The Kier molecular flexibility index (Phi) is 2.99. The van der Waals surface area contributed by atoms with Crippen molar-refractivity contribution >= 4 is 38.1 Å². The zero-order valence-corrected chi connectivity index (χ0v) is 9.97. The van der Waals surface area contributed by atoms with Gasteiger partial charge in [0, 0.05) is 11.1 Å². The number of anilines is 2. The molecule has 1 aromatic carbocycles. The monoisotopic (exact) mass is 279 g/mol. The first-order chi connectivity index (χ1) is 7.28. The van der Waals surface area contributed by atoms with E-state index in [1.807, 2.05) is 17.5 Å². The van der Waals surface area contributed by atoms with Gasteiger partial charge in [-0.2, -0.15) is 5.26 Å². The molecule has 3 nitrogen and oxygen atoms in total. The van der Waals surface area contributed by atoms with Gasteiger partial charge in [0.2, 0.25) is 0 Å². The van der Waals surface area contributed by atoms with E-state index in [9.17, 15) is 0 Å². The summed E-state index contributed by atoms with van der Waals surface area (Å²) in [6.45, 7) is 0. The van der Waals surface area contributed by atoms with Gasteiger partial charge in [-0.25, -0.2) is 4.98 Å². The van der Waals surface area contributed by atoms with Crippen LogP contribution in [0.2, 0.25) is 0 Å². The quantitative estimate of drug-likeness (QED) is 0.915. The van der Waals surface area contributed by atoms with Crippen LogP contribution in [0.3, 0.4) is 0 Å². The number of aromatic nitrogens is 1. The second-order valence-electron chi connectivity index (χ2n) is 2.79. The number of halogens is 1. The lowest BCUT2D eigenvalue weighted by molar-refractivity contribution is 1.34. The number of hydrogen-bond donors (Lipinski definition) is 1. The predicted octanol–water partition coefficient (Wildman–Crippen LogP) is 3.52. The molecule has 0 saturated heterocycles. The second-order valence-corrected chi connectivity index (χ2v) is 4.46. The molecule has 2 rings (SSSR count). The third-order valence-corrected chi connectivity index (χ3v) is 3.21. The molecule has 0 atom stereocenters. The molecule has 1 heterocycles. The van der Waals surface area contributed by atoms with Gasteiger partial charge in [-0.05, 0) is 40.2 Å². The van der Waals surface area contributed by atoms with E-state index in [2.05, 4.69) is 32.3 Å². The molecule has 0 aliphatic carbocycles. The number of thiazole rings is 1. The Hall–Kier alpha value is -1.38.